The number of halogens is 5. The topological polar surface area (TPSA) is 9.23 Å². The first-order valence-electron chi connectivity index (χ1n) is 5.11. The smallest absolute Gasteiger partial charge is 0.387 e. The van der Waals surface area contributed by atoms with E-state index in [4.69, 9.17) is 23.2 Å². The fourth-order valence-corrected chi connectivity index (χ4v) is 3.56. The van der Waals surface area contributed by atoms with Crippen molar-refractivity contribution in [3.8, 4) is 5.75 Å². The largest absolute Gasteiger partial charge is 0.435 e. The number of alkyl halides is 3. The minimum Gasteiger partial charge on any atom is -0.435 e. The molecule has 1 heterocycles. The molecular weight excluding hydrogens is 381 g/mol. The van der Waals surface area contributed by atoms with E-state index in [2.05, 4.69) is 20.7 Å². The van der Waals surface area contributed by atoms with Crippen LogP contribution in [0.3, 0.4) is 0 Å². The van der Waals surface area contributed by atoms with E-state index in [1.165, 1.54) is 23.5 Å². The van der Waals surface area contributed by atoms with Gasteiger partial charge in [0, 0.05) is 9.35 Å². The molecule has 0 aliphatic rings. The Balaban J connectivity index is 2.17. The van der Waals surface area contributed by atoms with E-state index in [0.29, 0.717) is 4.34 Å². The summed E-state index contributed by atoms with van der Waals surface area (Å²) in [4.78, 5) is 0.876. The SMILES string of the molecule is FC(F)Oc1ccc(C(Cl)c2cc(Br)c(Cl)s2)cc1. The van der Waals surface area contributed by atoms with Crippen LogP contribution in [0.5, 0.6) is 5.75 Å². The Morgan fingerprint density at radius 2 is 1.84 bits per heavy atom. The molecule has 0 saturated heterocycles. The zero-order valence-corrected chi connectivity index (χ0v) is 13.2. The molecule has 0 fully saturated rings. The van der Waals surface area contributed by atoms with Gasteiger partial charge in [-0.15, -0.1) is 22.9 Å². The van der Waals surface area contributed by atoms with Crippen LogP contribution in [0.1, 0.15) is 15.8 Å². The van der Waals surface area contributed by atoms with Gasteiger partial charge in [0.2, 0.25) is 0 Å². The molecular formula is C12H7BrCl2F2OS. The maximum Gasteiger partial charge on any atom is 0.387 e. The van der Waals surface area contributed by atoms with Gasteiger partial charge < -0.3 is 4.74 Å². The molecule has 0 N–H and O–H groups in total. The molecule has 1 atom stereocenters. The van der Waals surface area contributed by atoms with Gasteiger partial charge in [-0.05, 0) is 39.7 Å². The number of hydrogen-bond acceptors (Lipinski definition) is 2. The quantitative estimate of drug-likeness (QED) is 0.576. The van der Waals surface area contributed by atoms with E-state index in [9.17, 15) is 8.78 Å². The summed E-state index contributed by atoms with van der Waals surface area (Å²) in [6, 6.07) is 8.06. The van der Waals surface area contributed by atoms with Crippen molar-refractivity contribution in [1.82, 2.24) is 0 Å². The molecule has 7 heteroatoms. The Bertz CT molecular complexity index is 540. The molecule has 0 aliphatic carbocycles. The van der Waals surface area contributed by atoms with Crippen LogP contribution in [0.4, 0.5) is 8.78 Å². The second-order valence-corrected chi connectivity index (χ2v) is 6.56. The van der Waals surface area contributed by atoms with E-state index < -0.39 is 6.61 Å². The highest BCUT2D eigenvalue weighted by Gasteiger charge is 2.16. The minimum absolute atomic E-state index is 0.105. The molecule has 0 radical (unpaired) electrons. The molecule has 0 bridgehead atoms. The van der Waals surface area contributed by atoms with Gasteiger partial charge >= 0.3 is 6.61 Å². The van der Waals surface area contributed by atoms with Crippen molar-refractivity contribution in [2.45, 2.75) is 12.0 Å². The van der Waals surface area contributed by atoms with Gasteiger partial charge in [0.05, 0.1) is 5.38 Å². The summed E-state index contributed by atoms with van der Waals surface area (Å²) in [5.41, 5.74) is 0.786. The van der Waals surface area contributed by atoms with Crippen molar-refractivity contribution in [3.05, 3.63) is 49.6 Å². The molecule has 19 heavy (non-hydrogen) atoms. The fraction of sp³-hybridized carbons (Fsp3) is 0.167. The van der Waals surface area contributed by atoms with E-state index in [1.807, 2.05) is 6.07 Å². The molecule has 1 unspecified atom stereocenters. The lowest BCUT2D eigenvalue weighted by molar-refractivity contribution is -0.0498. The third-order valence-corrected chi connectivity index (χ3v) is 5.47. The Labute approximate surface area is 131 Å². The molecule has 0 spiro atoms. The van der Waals surface area contributed by atoms with Gasteiger partial charge in [0.15, 0.2) is 0 Å². The summed E-state index contributed by atoms with van der Waals surface area (Å²) in [5, 5.41) is -0.380. The van der Waals surface area contributed by atoms with Crippen LogP contribution in [0, 0.1) is 0 Å². The highest BCUT2D eigenvalue weighted by molar-refractivity contribution is 9.10. The number of hydrogen-bond donors (Lipinski definition) is 0. The van der Waals surface area contributed by atoms with Crippen LogP contribution in [0.25, 0.3) is 0 Å². The average Bonchev–Trinajstić information content (AvgIpc) is 2.69. The van der Waals surface area contributed by atoms with Gasteiger partial charge in [-0.3, -0.25) is 0 Å². The summed E-state index contributed by atoms with van der Waals surface area (Å²) in [6.45, 7) is -2.83. The standard InChI is InChI=1S/C12H7BrCl2F2OS/c13-8-5-9(19-11(8)15)10(14)6-1-3-7(4-2-6)18-12(16)17/h1-5,10,12H. The molecule has 0 amide bonds. The second kappa shape index (κ2) is 6.39. The highest BCUT2D eigenvalue weighted by atomic mass is 79.9. The van der Waals surface area contributed by atoms with Crippen LogP contribution in [0.2, 0.25) is 4.34 Å². The maximum absolute atomic E-state index is 12.0. The monoisotopic (exact) mass is 386 g/mol. The van der Waals surface area contributed by atoms with Crippen molar-refractivity contribution in [1.29, 1.82) is 0 Å². The molecule has 1 aromatic heterocycles. The minimum atomic E-state index is -2.83. The van der Waals surface area contributed by atoms with Crippen molar-refractivity contribution in [3.63, 3.8) is 0 Å². The number of rotatable bonds is 4. The highest BCUT2D eigenvalue weighted by Crippen LogP contribution is 2.40. The summed E-state index contributed by atoms with van der Waals surface area (Å²) < 4.78 is 29.7. The van der Waals surface area contributed by atoms with Gasteiger partial charge in [-0.2, -0.15) is 8.78 Å². The Morgan fingerprint density at radius 3 is 2.32 bits per heavy atom. The van der Waals surface area contributed by atoms with Crippen molar-refractivity contribution in [2.75, 3.05) is 0 Å². The van der Waals surface area contributed by atoms with Crippen molar-refractivity contribution in [2.24, 2.45) is 0 Å². The lowest BCUT2D eigenvalue weighted by Gasteiger charge is -2.09. The Morgan fingerprint density at radius 1 is 1.21 bits per heavy atom. The summed E-state index contributed by atoms with van der Waals surface area (Å²) >= 11 is 16.9. The summed E-state index contributed by atoms with van der Waals surface area (Å²) in [7, 11) is 0. The summed E-state index contributed by atoms with van der Waals surface area (Å²) in [6.07, 6.45) is 0. The van der Waals surface area contributed by atoms with Crippen molar-refractivity contribution < 1.29 is 13.5 Å². The lowest BCUT2D eigenvalue weighted by Crippen LogP contribution is -2.01. The van der Waals surface area contributed by atoms with Crippen LogP contribution in [-0.4, -0.2) is 6.61 Å². The van der Waals surface area contributed by atoms with Gasteiger partial charge in [-0.1, -0.05) is 23.7 Å². The zero-order valence-electron chi connectivity index (χ0n) is 9.25. The third kappa shape index (κ3) is 3.81. The number of benzene rings is 1. The molecule has 0 saturated carbocycles. The lowest BCUT2D eigenvalue weighted by atomic mass is 10.1. The van der Waals surface area contributed by atoms with Crippen LogP contribution >= 0.6 is 50.5 Å². The van der Waals surface area contributed by atoms with E-state index in [0.717, 1.165) is 14.9 Å². The first kappa shape index (κ1) is 15.0. The first-order valence-corrected chi connectivity index (χ1v) is 7.53. The third-order valence-electron chi connectivity index (χ3n) is 2.31. The molecule has 0 aliphatic heterocycles. The summed E-state index contributed by atoms with van der Waals surface area (Å²) in [5.74, 6) is 0.105. The Hall–Kier alpha value is -0.360. The zero-order chi connectivity index (χ0) is 14.0. The Kier molecular flexibility index (Phi) is 5.06. The fourth-order valence-electron chi connectivity index (χ4n) is 1.47. The second-order valence-electron chi connectivity index (χ2n) is 3.58. The molecule has 2 aromatic rings. The van der Waals surface area contributed by atoms with E-state index in [-0.39, 0.29) is 11.1 Å². The average molecular weight is 388 g/mol. The normalized spacial score (nSPS) is 12.7. The predicted molar refractivity (Wildman–Crippen MR) is 77.8 cm³/mol. The number of ether oxygens (including phenoxy) is 1. The van der Waals surface area contributed by atoms with Gasteiger partial charge in [0.1, 0.15) is 10.1 Å². The van der Waals surface area contributed by atoms with Crippen LogP contribution in [0.15, 0.2) is 34.8 Å². The molecule has 1 nitrogen and oxygen atoms in total. The van der Waals surface area contributed by atoms with E-state index in [1.54, 1.807) is 12.1 Å². The molecule has 102 valence electrons. The van der Waals surface area contributed by atoms with Gasteiger partial charge in [0.25, 0.3) is 0 Å². The van der Waals surface area contributed by atoms with Gasteiger partial charge in [-0.25, -0.2) is 0 Å². The molecule has 2 rings (SSSR count). The molecule has 1 aromatic carbocycles. The first-order chi connectivity index (χ1) is 8.97. The predicted octanol–water partition coefficient (Wildman–Crippen LogP) is 6.09. The maximum atomic E-state index is 12.0. The van der Waals surface area contributed by atoms with Crippen LogP contribution in [-0.2, 0) is 0 Å². The van der Waals surface area contributed by atoms with Crippen molar-refractivity contribution >= 4 is 50.5 Å². The van der Waals surface area contributed by atoms with Crippen LogP contribution < -0.4 is 4.74 Å². The van der Waals surface area contributed by atoms with E-state index >= 15 is 0 Å². The number of thiophene rings is 1.